The van der Waals surface area contributed by atoms with Crippen LogP contribution in [0.15, 0.2) is 48.5 Å². The molecule has 1 aliphatic heterocycles. The highest BCUT2D eigenvalue weighted by molar-refractivity contribution is 5.24. The molecule has 2 nitrogen and oxygen atoms in total. The molecule has 1 atom stereocenters. The van der Waals surface area contributed by atoms with E-state index in [0.717, 1.165) is 37.1 Å². The lowest BCUT2D eigenvalue weighted by Gasteiger charge is -2.25. The summed E-state index contributed by atoms with van der Waals surface area (Å²) < 4.78 is 13.4. The van der Waals surface area contributed by atoms with Crippen molar-refractivity contribution in [1.82, 2.24) is 4.90 Å². The van der Waals surface area contributed by atoms with Gasteiger partial charge in [0.25, 0.3) is 0 Å². The molecular formula is C18H20FNO. The third-order valence-electron chi connectivity index (χ3n) is 4.19. The summed E-state index contributed by atoms with van der Waals surface area (Å²) in [6.45, 7) is 1.99. The van der Waals surface area contributed by atoms with Gasteiger partial charge in [-0.1, -0.05) is 36.4 Å². The summed E-state index contributed by atoms with van der Waals surface area (Å²) in [5.74, 6) is -0.161. The normalized spacial score (nSPS) is 19.0. The van der Waals surface area contributed by atoms with Crippen LogP contribution >= 0.6 is 0 Å². The smallest absolute Gasteiger partial charge is 0.123 e. The Morgan fingerprint density at radius 1 is 1.10 bits per heavy atom. The van der Waals surface area contributed by atoms with Crippen LogP contribution in [0.5, 0.6) is 0 Å². The van der Waals surface area contributed by atoms with Gasteiger partial charge in [-0.3, -0.25) is 4.90 Å². The van der Waals surface area contributed by atoms with Crippen molar-refractivity contribution in [3.63, 3.8) is 0 Å². The van der Waals surface area contributed by atoms with Gasteiger partial charge in [-0.15, -0.1) is 0 Å². The predicted molar refractivity (Wildman–Crippen MR) is 81.1 cm³/mol. The minimum Gasteiger partial charge on any atom is -0.392 e. The summed E-state index contributed by atoms with van der Waals surface area (Å²) in [5, 5.41) is 9.08. The molecule has 2 aromatic rings. The highest BCUT2D eigenvalue weighted by Gasteiger charge is 2.26. The Kier molecular flexibility index (Phi) is 4.32. The number of halogens is 1. The number of hydrogen-bond acceptors (Lipinski definition) is 2. The summed E-state index contributed by atoms with van der Waals surface area (Å²) >= 11 is 0. The molecule has 3 heteroatoms. The summed E-state index contributed by atoms with van der Waals surface area (Å²) in [6, 6.07) is 15.3. The molecule has 0 aromatic heterocycles. The van der Waals surface area contributed by atoms with E-state index in [-0.39, 0.29) is 12.4 Å². The van der Waals surface area contributed by atoms with Crippen molar-refractivity contribution >= 4 is 0 Å². The van der Waals surface area contributed by atoms with E-state index in [1.54, 1.807) is 12.1 Å². The molecule has 1 saturated heterocycles. The molecule has 1 heterocycles. The van der Waals surface area contributed by atoms with E-state index in [4.69, 9.17) is 5.11 Å². The second-order valence-corrected chi connectivity index (χ2v) is 5.66. The zero-order chi connectivity index (χ0) is 14.7. The molecule has 0 aliphatic carbocycles. The first-order chi connectivity index (χ1) is 10.3. The molecule has 3 rings (SSSR count). The van der Waals surface area contributed by atoms with Gasteiger partial charge < -0.3 is 5.11 Å². The lowest BCUT2D eigenvalue weighted by atomic mass is 10.0. The number of aliphatic hydroxyl groups is 1. The van der Waals surface area contributed by atoms with Crippen LogP contribution in [0.3, 0.4) is 0 Å². The van der Waals surface area contributed by atoms with Crippen molar-refractivity contribution < 1.29 is 9.50 Å². The first kappa shape index (κ1) is 14.2. The van der Waals surface area contributed by atoms with E-state index < -0.39 is 0 Å². The number of likely N-dealkylation sites (tertiary alicyclic amines) is 1. The fourth-order valence-corrected chi connectivity index (χ4v) is 3.09. The molecule has 110 valence electrons. The van der Waals surface area contributed by atoms with Crippen LogP contribution in [-0.4, -0.2) is 16.6 Å². The van der Waals surface area contributed by atoms with Crippen molar-refractivity contribution in [2.75, 3.05) is 6.54 Å². The predicted octanol–water partition coefficient (Wildman–Crippen LogP) is 3.66. The number of hydrogen-bond donors (Lipinski definition) is 1. The van der Waals surface area contributed by atoms with Gasteiger partial charge in [0.1, 0.15) is 5.82 Å². The fourth-order valence-electron chi connectivity index (χ4n) is 3.09. The molecule has 1 unspecified atom stereocenters. The molecule has 0 radical (unpaired) electrons. The topological polar surface area (TPSA) is 23.5 Å². The standard InChI is InChI=1S/C18H20FNO/c19-17-4-1-3-16(11-17)18-5-2-10-20(18)12-14-6-8-15(13-21)9-7-14/h1,3-4,6-9,11,18,21H,2,5,10,12-13H2. The van der Waals surface area contributed by atoms with E-state index in [1.165, 1.54) is 11.6 Å². The Labute approximate surface area is 124 Å². The maximum absolute atomic E-state index is 13.4. The van der Waals surface area contributed by atoms with E-state index in [2.05, 4.69) is 17.0 Å². The monoisotopic (exact) mass is 285 g/mol. The van der Waals surface area contributed by atoms with E-state index in [1.807, 2.05) is 18.2 Å². The van der Waals surface area contributed by atoms with Gasteiger partial charge >= 0.3 is 0 Å². The molecule has 0 amide bonds. The molecule has 0 saturated carbocycles. The van der Waals surface area contributed by atoms with Crippen molar-refractivity contribution in [3.8, 4) is 0 Å². The maximum Gasteiger partial charge on any atom is 0.123 e. The number of rotatable bonds is 4. The molecule has 2 aromatic carbocycles. The summed E-state index contributed by atoms with van der Waals surface area (Å²) in [4.78, 5) is 2.41. The quantitative estimate of drug-likeness (QED) is 0.926. The number of benzene rings is 2. The van der Waals surface area contributed by atoms with Gasteiger partial charge in [0.05, 0.1) is 6.61 Å². The second kappa shape index (κ2) is 6.37. The molecule has 1 fully saturated rings. The summed E-state index contributed by atoms with van der Waals surface area (Å²) in [6.07, 6.45) is 2.23. The second-order valence-electron chi connectivity index (χ2n) is 5.66. The SMILES string of the molecule is OCc1ccc(CN2CCCC2c2cccc(F)c2)cc1. The van der Waals surface area contributed by atoms with Crippen molar-refractivity contribution in [3.05, 3.63) is 71.0 Å². The summed E-state index contributed by atoms with van der Waals surface area (Å²) in [5.41, 5.74) is 3.23. The Morgan fingerprint density at radius 3 is 2.57 bits per heavy atom. The van der Waals surface area contributed by atoms with E-state index in [9.17, 15) is 4.39 Å². The van der Waals surface area contributed by atoms with E-state index >= 15 is 0 Å². The molecule has 21 heavy (non-hydrogen) atoms. The zero-order valence-corrected chi connectivity index (χ0v) is 12.0. The van der Waals surface area contributed by atoms with Gasteiger partial charge in [-0.05, 0) is 48.2 Å². The average Bonchev–Trinajstić information content (AvgIpc) is 2.96. The van der Waals surface area contributed by atoms with Gasteiger partial charge in [0.15, 0.2) is 0 Å². The van der Waals surface area contributed by atoms with Crippen LogP contribution in [-0.2, 0) is 13.2 Å². The Bertz CT molecular complexity index is 596. The largest absolute Gasteiger partial charge is 0.392 e. The zero-order valence-electron chi connectivity index (χ0n) is 12.0. The van der Waals surface area contributed by atoms with E-state index in [0.29, 0.717) is 6.04 Å². The number of aliphatic hydroxyl groups excluding tert-OH is 1. The lowest BCUT2D eigenvalue weighted by Crippen LogP contribution is -2.22. The van der Waals surface area contributed by atoms with Crippen LogP contribution in [0, 0.1) is 5.82 Å². The maximum atomic E-state index is 13.4. The molecular weight excluding hydrogens is 265 g/mol. The van der Waals surface area contributed by atoms with Crippen molar-refractivity contribution in [1.29, 1.82) is 0 Å². The van der Waals surface area contributed by atoms with Crippen LogP contribution in [0.25, 0.3) is 0 Å². The lowest BCUT2D eigenvalue weighted by molar-refractivity contribution is 0.248. The Balaban J connectivity index is 1.74. The van der Waals surface area contributed by atoms with Gasteiger partial charge in [0, 0.05) is 12.6 Å². The highest BCUT2D eigenvalue weighted by Crippen LogP contribution is 2.33. The first-order valence-electron chi connectivity index (χ1n) is 7.44. The molecule has 1 aliphatic rings. The van der Waals surface area contributed by atoms with Gasteiger partial charge in [-0.25, -0.2) is 4.39 Å². The first-order valence-corrected chi connectivity index (χ1v) is 7.44. The molecule has 1 N–H and O–H groups in total. The fraction of sp³-hybridized carbons (Fsp3) is 0.333. The summed E-state index contributed by atoms with van der Waals surface area (Å²) in [7, 11) is 0. The Morgan fingerprint density at radius 2 is 1.86 bits per heavy atom. The average molecular weight is 285 g/mol. The number of nitrogens with zero attached hydrogens (tertiary/aromatic N) is 1. The van der Waals surface area contributed by atoms with Crippen LogP contribution < -0.4 is 0 Å². The van der Waals surface area contributed by atoms with Crippen LogP contribution in [0.2, 0.25) is 0 Å². The van der Waals surface area contributed by atoms with Crippen molar-refractivity contribution in [2.24, 2.45) is 0 Å². The minimum atomic E-state index is -0.161. The third-order valence-corrected chi connectivity index (χ3v) is 4.19. The van der Waals surface area contributed by atoms with Crippen LogP contribution in [0.4, 0.5) is 4.39 Å². The van der Waals surface area contributed by atoms with Crippen LogP contribution in [0.1, 0.15) is 35.6 Å². The molecule has 0 bridgehead atoms. The van der Waals surface area contributed by atoms with Gasteiger partial charge in [0.2, 0.25) is 0 Å². The Hall–Kier alpha value is -1.71. The highest BCUT2D eigenvalue weighted by atomic mass is 19.1. The van der Waals surface area contributed by atoms with Crippen molar-refractivity contribution in [2.45, 2.75) is 32.0 Å². The minimum absolute atomic E-state index is 0.0793. The molecule has 0 spiro atoms. The third kappa shape index (κ3) is 3.31. The van der Waals surface area contributed by atoms with Gasteiger partial charge in [-0.2, -0.15) is 0 Å².